The second-order valence-corrected chi connectivity index (χ2v) is 8.39. The molecule has 0 radical (unpaired) electrons. The predicted molar refractivity (Wildman–Crippen MR) is 116 cm³/mol. The van der Waals surface area contributed by atoms with Crippen molar-refractivity contribution < 1.29 is 24.2 Å². The molecule has 0 saturated heterocycles. The maximum absolute atomic E-state index is 13.2. The van der Waals surface area contributed by atoms with Gasteiger partial charge in [-0.2, -0.15) is 0 Å². The summed E-state index contributed by atoms with van der Waals surface area (Å²) in [5, 5.41) is 12.8. The number of methoxy groups -OCH3 is 1. The van der Waals surface area contributed by atoms with Crippen LogP contribution in [0.1, 0.15) is 56.1 Å². The number of aromatic hydroxyl groups is 1. The van der Waals surface area contributed by atoms with Crippen LogP contribution in [-0.2, 0) is 9.59 Å². The Balaban J connectivity index is 1.63. The molecule has 1 aliphatic carbocycles. The summed E-state index contributed by atoms with van der Waals surface area (Å²) in [6, 6.07) is 12.8. The average Bonchev–Trinajstić information content (AvgIpc) is 2.73. The Hall–Kier alpha value is -3.28. The van der Waals surface area contributed by atoms with Crippen LogP contribution in [0, 0.1) is 0 Å². The maximum atomic E-state index is 13.2. The first-order valence-corrected chi connectivity index (χ1v) is 10.5. The molecule has 4 rings (SSSR count). The molecule has 162 valence electrons. The summed E-state index contributed by atoms with van der Waals surface area (Å²) in [4.78, 5) is 25.7. The molecule has 0 bridgehead atoms. The Morgan fingerprint density at radius 3 is 2.39 bits per heavy atom. The fourth-order valence-corrected chi connectivity index (χ4v) is 4.48. The average molecular weight is 421 g/mol. The van der Waals surface area contributed by atoms with Crippen molar-refractivity contribution in [3.05, 3.63) is 64.9 Å². The first-order chi connectivity index (χ1) is 14.9. The topological polar surface area (TPSA) is 84.9 Å². The Morgan fingerprint density at radius 2 is 1.71 bits per heavy atom. The molecule has 6 heteroatoms. The molecule has 2 aromatic carbocycles. The molecule has 2 N–H and O–H groups in total. The van der Waals surface area contributed by atoms with Gasteiger partial charge in [-0.3, -0.25) is 9.59 Å². The number of hydrogen-bond acceptors (Lipinski definition) is 5. The summed E-state index contributed by atoms with van der Waals surface area (Å²) in [5.41, 5.74) is 3.22. The van der Waals surface area contributed by atoms with E-state index in [1.165, 1.54) is 13.2 Å². The van der Waals surface area contributed by atoms with Crippen molar-refractivity contribution in [2.24, 2.45) is 0 Å². The van der Waals surface area contributed by atoms with Gasteiger partial charge in [-0.15, -0.1) is 0 Å². The number of allylic oxidation sites excluding steroid dienone is 2. The second-order valence-electron chi connectivity index (χ2n) is 8.39. The van der Waals surface area contributed by atoms with E-state index in [0.29, 0.717) is 29.9 Å². The minimum absolute atomic E-state index is 0.00718. The standard InChI is InChI=1S/C25H27NO5/c1-14(2)31-18-7-4-15(5-8-18)17-10-20-25(22(28)11-17)19(13-24(29)26-20)16-6-9-21(27)23(12-16)30-3/h4-9,12,14,17,19,27H,10-11,13H2,1-3H3,(H,26,29)/t17-,19-/m0/s1. The molecular weight excluding hydrogens is 394 g/mol. The van der Waals surface area contributed by atoms with Crippen molar-refractivity contribution in [1.29, 1.82) is 0 Å². The lowest BCUT2D eigenvalue weighted by atomic mass is 9.73. The van der Waals surface area contributed by atoms with Crippen molar-refractivity contribution >= 4 is 11.7 Å². The molecule has 1 amide bonds. The number of Topliss-reactive ketones (excluding diaryl/α,β-unsaturated/α-hetero) is 1. The predicted octanol–water partition coefficient (Wildman–Crippen LogP) is 4.19. The lowest BCUT2D eigenvalue weighted by Crippen LogP contribution is -2.38. The minimum atomic E-state index is -0.339. The number of nitrogens with one attached hydrogen (secondary N) is 1. The number of rotatable bonds is 5. The van der Waals surface area contributed by atoms with E-state index < -0.39 is 0 Å². The number of benzene rings is 2. The van der Waals surface area contributed by atoms with E-state index in [-0.39, 0.29) is 41.8 Å². The molecule has 31 heavy (non-hydrogen) atoms. The molecule has 6 nitrogen and oxygen atoms in total. The van der Waals surface area contributed by atoms with Gasteiger partial charge in [-0.25, -0.2) is 0 Å². The van der Waals surface area contributed by atoms with Gasteiger partial charge in [-0.05, 0) is 61.6 Å². The number of ketones is 1. The first-order valence-electron chi connectivity index (χ1n) is 10.5. The van der Waals surface area contributed by atoms with Gasteiger partial charge in [0, 0.05) is 30.0 Å². The van der Waals surface area contributed by atoms with E-state index in [2.05, 4.69) is 5.32 Å². The maximum Gasteiger partial charge on any atom is 0.225 e. The van der Waals surface area contributed by atoms with Crippen molar-refractivity contribution in [2.45, 2.75) is 51.0 Å². The van der Waals surface area contributed by atoms with Crippen LogP contribution in [0.5, 0.6) is 17.2 Å². The number of carbonyl (C=O) groups is 2. The summed E-state index contributed by atoms with van der Waals surface area (Å²) in [5.74, 6) is 0.765. The van der Waals surface area contributed by atoms with Crippen molar-refractivity contribution in [3.8, 4) is 17.2 Å². The van der Waals surface area contributed by atoms with Crippen molar-refractivity contribution in [2.75, 3.05) is 7.11 Å². The summed E-state index contributed by atoms with van der Waals surface area (Å²) in [7, 11) is 1.48. The van der Waals surface area contributed by atoms with Gasteiger partial charge in [0.15, 0.2) is 17.3 Å². The van der Waals surface area contributed by atoms with Crippen LogP contribution in [0.15, 0.2) is 53.7 Å². The fourth-order valence-electron chi connectivity index (χ4n) is 4.48. The van der Waals surface area contributed by atoms with E-state index in [4.69, 9.17) is 9.47 Å². The number of amides is 1. The second kappa shape index (κ2) is 8.46. The van der Waals surface area contributed by atoms with Crippen LogP contribution in [0.4, 0.5) is 0 Å². The van der Waals surface area contributed by atoms with Gasteiger partial charge < -0.3 is 19.9 Å². The molecule has 0 fully saturated rings. The molecule has 2 atom stereocenters. The molecule has 2 aliphatic rings. The summed E-state index contributed by atoms with van der Waals surface area (Å²) < 4.78 is 10.9. The monoisotopic (exact) mass is 421 g/mol. The Labute approximate surface area is 181 Å². The molecule has 1 heterocycles. The zero-order chi connectivity index (χ0) is 22.1. The summed E-state index contributed by atoms with van der Waals surface area (Å²) in [6.07, 6.45) is 1.29. The van der Waals surface area contributed by atoms with Crippen LogP contribution in [0.2, 0.25) is 0 Å². The van der Waals surface area contributed by atoms with E-state index >= 15 is 0 Å². The highest BCUT2D eigenvalue weighted by atomic mass is 16.5. The van der Waals surface area contributed by atoms with E-state index in [1.807, 2.05) is 38.1 Å². The fraction of sp³-hybridized carbons (Fsp3) is 0.360. The summed E-state index contributed by atoms with van der Waals surface area (Å²) >= 11 is 0. The SMILES string of the molecule is COc1cc([C@@H]2CC(=O)NC3=C2C(=O)C[C@@H](c2ccc(OC(C)C)cc2)C3)ccc1O. The Morgan fingerprint density at radius 1 is 1.00 bits per heavy atom. The van der Waals surface area contributed by atoms with Gasteiger partial charge in [0.25, 0.3) is 0 Å². The van der Waals surface area contributed by atoms with E-state index in [1.54, 1.807) is 12.1 Å². The molecular formula is C25H27NO5. The minimum Gasteiger partial charge on any atom is -0.504 e. The highest BCUT2D eigenvalue weighted by Crippen LogP contribution is 2.44. The first kappa shape index (κ1) is 21.0. The number of phenolic OH excluding ortho intramolecular Hbond substituents is 1. The Kier molecular flexibility index (Phi) is 5.72. The van der Waals surface area contributed by atoms with E-state index in [9.17, 15) is 14.7 Å². The lowest BCUT2D eigenvalue weighted by molar-refractivity contribution is -0.122. The molecule has 2 aromatic rings. The van der Waals surface area contributed by atoms with Crippen LogP contribution < -0.4 is 14.8 Å². The number of ether oxygens (including phenoxy) is 2. The normalized spacial score (nSPS) is 21.0. The van der Waals surface area contributed by atoms with Gasteiger partial charge >= 0.3 is 0 Å². The third-order valence-corrected chi connectivity index (χ3v) is 5.87. The van der Waals surface area contributed by atoms with Crippen LogP contribution in [-0.4, -0.2) is 30.0 Å². The lowest BCUT2D eigenvalue weighted by Gasteiger charge is -2.34. The largest absolute Gasteiger partial charge is 0.504 e. The molecule has 0 spiro atoms. The number of hydrogen-bond donors (Lipinski definition) is 2. The zero-order valence-electron chi connectivity index (χ0n) is 18.0. The summed E-state index contributed by atoms with van der Waals surface area (Å²) in [6.45, 7) is 3.96. The van der Waals surface area contributed by atoms with Crippen molar-refractivity contribution in [3.63, 3.8) is 0 Å². The van der Waals surface area contributed by atoms with Crippen LogP contribution >= 0.6 is 0 Å². The highest BCUT2D eigenvalue weighted by molar-refractivity contribution is 6.02. The smallest absolute Gasteiger partial charge is 0.225 e. The molecule has 0 saturated carbocycles. The highest BCUT2D eigenvalue weighted by Gasteiger charge is 2.38. The zero-order valence-corrected chi connectivity index (χ0v) is 18.0. The van der Waals surface area contributed by atoms with Gasteiger partial charge in [0.1, 0.15) is 5.75 Å². The number of carbonyl (C=O) groups excluding carboxylic acids is 2. The molecule has 1 aliphatic heterocycles. The van der Waals surface area contributed by atoms with Gasteiger partial charge in [-0.1, -0.05) is 18.2 Å². The molecule has 0 aromatic heterocycles. The molecule has 0 unspecified atom stereocenters. The van der Waals surface area contributed by atoms with Crippen molar-refractivity contribution in [1.82, 2.24) is 5.32 Å². The van der Waals surface area contributed by atoms with Crippen LogP contribution in [0.3, 0.4) is 0 Å². The van der Waals surface area contributed by atoms with Gasteiger partial charge in [0.05, 0.1) is 13.2 Å². The Bertz CT molecular complexity index is 1040. The quantitative estimate of drug-likeness (QED) is 0.756. The third kappa shape index (κ3) is 4.29. The third-order valence-electron chi connectivity index (χ3n) is 5.87. The van der Waals surface area contributed by atoms with Crippen LogP contribution in [0.25, 0.3) is 0 Å². The van der Waals surface area contributed by atoms with Gasteiger partial charge in [0.2, 0.25) is 5.91 Å². The van der Waals surface area contributed by atoms with E-state index in [0.717, 1.165) is 16.9 Å². The number of phenols is 1.